The van der Waals surface area contributed by atoms with Crippen molar-refractivity contribution in [2.24, 2.45) is 0 Å². The normalized spacial score (nSPS) is 19.4. The van der Waals surface area contributed by atoms with Gasteiger partial charge in [-0.15, -0.1) is 0 Å². The zero-order valence-corrected chi connectivity index (χ0v) is 27.8. The molecule has 2 aliphatic heterocycles. The molecule has 0 spiro atoms. The summed E-state index contributed by atoms with van der Waals surface area (Å²) >= 11 is 0. The first-order valence-corrected chi connectivity index (χ1v) is 16.6. The van der Waals surface area contributed by atoms with Crippen LogP contribution in [0.1, 0.15) is 29.5 Å². The monoisotopic (exact) mass is 689 g/mol. The molecule has 0 radical (unpaired) electrons. The van der Waals surface area contributed by atoms with Crippen molar-refractivity contribution >= 4 is 41.2 Å². The van der Waals surface area contributed by atoms with Crippen LogP contribution in [0.2, 0.25) is 0 Å². The molecule has 6 N–H and O–H groups in total. The number of nitrogens with one attached hydrogen (secondary N) is 5. The summed E-state index contributed by atoms with van der Waals surface area (Å²) in [5, 5.41) is 23.2. The molecule has 2 heterocycles. The molecular weight excluding hydrogens is 650 g/mol. The van der Waals surface area contributed by atoms with Crippen molar-refractivity contribution < 1.29 is 33.9 Å². The average molecular weight is 690 g/mol. The highest BCUT2D eigenvalue weighted by Gasteiger charge is 2.30. The molecule has 0 aromatic heterocycles. The fraction of sp³-hybridized carbons (Fsp3) is 0.231. The van der Waals surface area contributed by atoms with Crippen LogP contribution in [0, 0.1) is 0 Å². The van der Waals surface area contributed by atoms with E-state index in [0.29, 0.717) is 16.8 Å². The lowest BCUT2D eigenvalue weighted by Crippen LogP contribution is -2.57. The third-order valence-electron chi connectivity index (χ3n) is 8.39. The van der Waals surface area contributed by atoms with E-state index < -0.39 is 60.2 Å². The zero-order chi connectivity index (χ0) is 36.2. The summed E-state index contributed by atoms with van der Waals surface area (Å²) in [6.45, 7) is -0.452. The van der Waals surface area contributed by atoms with E-state index >= 15 is 0 Å². The van der Waals surface area contributed by atoms with Crippen LogP contribution >= 0.6 is 0 Å². The Morgan fingerprint density at radius 2 is 1.14 bits per heavy atom. The second-order valence-corrected chi connectivity index (χ2v) is 12.3. The van der Waals surface area contributed by atoms with Crippen LogP contribution in [0.3, 0.4) is 0 Å². The molecule has 4 aromatic rings. The van der Waals surface area contributed by atoms with Crippen molar-refractivity contribution in [2.45, 2.75) is 50.2 Å². The van der Waals surface area contributed by atoms with Gasteiger partial charge in [-0.3, -0.25) is 24.0 Å². The zero-order valence-electron chi connectivity index (χ0n) is 27.8. The second-order valence-electron chi connectivity index (χ2n) is 12.3. The van der Waals surface area contributed by atoms with E-state index in [-0.39, 0.29) is 32.1 Å². The van der Waals surface area contributed by atoms with Gasteiger partial charge in [0, 0.05) is 37.8 Å². The van der Waals surface area contributed by atoms with Gasteiger partial charge >= 0.3 is 5.97 Å². The topological polar surface area (TPSA) is 183 Å². The van der Waals surface area contributed by atoms with E-state index in [1.54, 1.807) is 48.5 Å². The molecule has 5 amide bonds. The highest BCUT2D eigenvalue weighted by Crippen LogP contribution is 2.20. The fourth-order valence-corrected chi connectivity index (χ4v) is 5.64. The predicted molar refractivity (Wildman–Crippen MR) is 190 cm³/mol. The number of rotatable bonds is 6. The summed E-state index contributed by atoms with van der Waals surface area (Å²) in [5.41, 5.74) is 4.42. The van der Waals surface area contributed by atoms with Crippen molar-refractivity contribution in [3.63, 3.8) is 0 Å². The number of fused-ring (bicyclic) bond motifs is 18. The molecule has 51 heavy (non-hydrogen) atoms. The van der Waals surface area contributed by atoms with E-state index in [1.165, 1.54) is 0 Å². The molecule has 0 fully saturated rings. The Kier molecular flexibility index (Phi) is 12.3. The molecule has 0 saturated heterocycles. The predicted octanol–water partition coefficient (Wildman–Crippen LogP) is 2.77. The highest BCUT2D eigenvalue weighted by molar-refractivity contribution is 5.96. The van der Waals surface area contributed by atoms with Gasteiger partial charge in [0.05, 0.1) is 6.54 Å². The largest absolute Gasteiger partial charge is 0.480 e. The maximum atomic E-state index is 14.0. The Bertz CT molecular complexity index is 1850. The maximum Gasteiger partial charge on any atom is 0.326 e. The summed E-state index contributed by atoms with van der Waals surface area (Å²) in [7, 11) is 0. The van der Waals surface area contributed by atoms with Crippen LogP contribution in [0.5, 0.6) is 0 Å². The molecule has 4 aromatic carbocycles. The molecule has 262 valence electrons. The van der Waals surface area contributed by atoms with Crippen LogP contribution in [-0.4, -0.2) is 65.3 Å². The highest BCUT2D eigenvalue weighted by atomic mass is 16.4. The fourth-order valence-electron chi connectivity index (χ4n) is 5.64. The molecule has 12 heteroatoms. The number of benzene rings is 4. The lowest BCUT2D eigenvalue weighted by molar-refractivity contribution is -0.142. The van der Waals surface area contributed by atoms with Gasteiger partial charge in [0.1, 0.15) is 18.1 Å². The summed E-state index contributed by atoms with van der Waals surface area (Å²) in [4.78, 5) is 78.0. The molecule has 2 aliphatic rings. The summed E-state index contributed by atoms with van der Waals surface area (Å²) in [6, 6.07) is 28.9. The van der Waals surface area contributed by atoms with Crippen molar-refractivity contribution in [2.75, 3.05) is 11.9 Å². The van der Waals surface area contributed by atoms with Gasteiger partial charge in [0.2, 0.25) is 29.5 Å². The summed E-state index contributed by atoms with van der Waals surface area (Å²) in [6.07, 6.45) is -0.298. The Balaban J connectivity index is 1.43. The minimum absolute atomic E-state index is 0.0433. The number of anilines is 1. The van der Waals surface area contributed by atoms with Crippen molar-refractivity contribution in [1.82, 2.24) is 21.3 Å². The molecule has 2 bridgehead atoms. The SMILES string of the molecule is O=C1CCC(=O)Nc2ccc(cc2)C[C@@H](C(=O)O)NC(=O)[C@@H](Cc2ccccc2)NC(=O)[C@@H](Cc2ccc(-c3ccccc3)cc2)NC(=O)CN1. The number of carboxylic acids is 1. The van der Waals surface area contributed by atoms with Crippen LogP contribution < -0.4 is 26.6 Å². The third kappa shape index (κ3) is 10.8. The van der Waals surface area contributed by atoms with Gasteiger partial charge in [-0.05, 0) is 39.9 Å². The van der Waals surface area contributed by atoms with Crippen molar-refractivity contribution in [1.29, 1.82) is 0 Å². The molecule has 0 saturated carbocycles. The van der Waals surface area contributed by atoms with Gasteiger partial charge in [0.25, 0.3) is 0 Å². The van der Waals surface area contributed by atoms with E-state index in [2.05, 4.69) is 26.6 Å². The molecule has 0 unspecified atom stereocenters. The first-order valence-electron chi connectivity index (χ1n) is 16.6. The van der Waals surface area contributed by atoms with Gasteiger partial charge in [0.15, 0.2) is 0 Å². The lowest BCUT2D eigenvalue weighted by atomic mass is 9.99. The molecule has 6 rings (SSSR count). The van der Waals surface area contributed by atoms with Crippen molar-refractivity contribution in [3.05, 3.63) is 126 Å². The summed E-state index contributed by atoms with van der Waals surface area (Å²) in [5.74, 6) is -4.29. The van der Waals surface area contributed by atoms with E-state index in [0.717, 1.165) is 16.7 Å². The molecule has 3 atom stereocenters. The quantitative estimate of drug-likeness (QED) is 0.168. The average Bonchev–Trinajstić information content (AvgIpc) is 3.13. The van der Waals surface area contributed by atoms with Gasteiger partial charge in [-0.25, -0.2) is 4.79 Å². The van der Waals surface area contributed by atoms with Crippen molar-refractivity contribution in [3.8, 4) is 11.1 Å². The molecule has 0 aliphatic carbocycles. The van der Waals surface area contributed by atoms with Crippen LogP contribution in [-0.2, 0) is 48.0 Å². The number of amides is 5. The van der Waals surface area contributed by atoms with Gasteiger partial charge in [-0.2, -0.15) is 0 Å². The third-order valence-corrected chi connectivity index (χ3v) is 8.39. The van der Waals surface area contributed by atoms with E-state index in [4.69, 9.17) is 0 Å². The van der Waals surface area contributed by atoms with Crippen LogP contribution in [0.25, 0.3) is 11.1 Å². The minimum atomic E-state index is -1.34. The Morgan fingerprint density at radius 3 is 1.78 bits per heavy atom. The first-order chi connectivity index (χ1) is 24.6. The number of carboxylic acid groups (broad SMARTS) is 1. The van der Waals surface area contributed by atoms with Gasteiger partial charge in [-0.1, -0.05) is 97.1 Å². The number of hydrogen-bond donors (Lipinski definition) is 6. The van der Waals surface area contributed by atoms with E-state index in [9.17, 15) is 33.9 Å². The number of carbonyl (C=O) groups is 6. The Hall–Kier alpha value is -6.30. The second kappa shape index (κ2) is 17.4. The lowest BCUT2D eigenvalue weighted by Gasteiger charge is -2.25. The smallest absolute Gasteiger partial charge is 0.326 e. The van der Waals surface area contributed by atoms with Gasteiger partial charge < -0.3 is 31.7 Å². The maximum absolute atomic E-state index is 14.0. The Morgan fingerprint density at radius 1 is 0.588 bits per heavy atom. The first kappa shape index (κ1) is 36.0. The van der Waals surface area contributed by atoms with Crippen LogP contribution in [0.15, 0.2) is 109 Å². The minimum Gasteiger partial charge on any atom is -0.480 e. The Labute approximate surface area is 295 Å². The number of aliphatic carboxylic acids is 1. The standard InChI is InChI=1S/C39H39N5O7/c45-34-19-20-35(46)41-30-17-13-27(14-18-30)23-33(39(50)51)44-38(49)32(21-25-7-3-1-4-8-25)43-37(48)31(42-36(47)24-40-34)22-26-11-15-29(16-12-26)28-9-5-2-6-10-28/h1-18,31-33H,19-24H2,(H,40,45)(H,41,46)(H,42,47)(H,43,48)(H,44,49)(H,50,51)/t31-,32-,33+/m1/s1. The number of hydrogen-bond acceptors (Lipinski definition) is 6. The molecule has 12 nitrogen and oxygen atoms in total. The summed E-state index contributed by atoms with van der Waals surface area (Å²) < 4.78 is 0. The van der Waals surface area contributed by atoms with E-state index in [1.807, 2.05) is 60.7 Å². The molecular formula is C39H39N5O7. The van der Waals surface area contributed by atoms with Crippen LogP contribution in [0.4, 0.5) is 5.69 Å². The number of carbonyl (C=O) groups excluding carboxylic acids is 5.